The molecule has 0 aromatic carbocycles. The van der Waals surface area contributed by atoms with Gasteiger partial charge in [0.25, 0.3) is 0 Å². The molecule has 0 radical (unpaired) electrons. The van der Waals surface area contributed by atoms with Crippen molar-refractivity contribution in [3.05, 3.63) is 17.8 Å². The largest absolute Gasteiger partial charge is 0.369 e. The highest BCUT2D eigenvalue weighted by molar-refractivity contribution is 5.34. The van der Waals surface area contributed by atoms with Crippen LogP contribution in [-0.2, 0) is 0 Å². The zero-order chi connectivity index (χ0) is 8.10. The van der Waals surface area contributed by atoms with Crippen LogP contribution in [0.5, 0.6) is 0 Å². The standard InChI is InChI=1S/C7H8N4/c1-2-9-7-4-3-6(5-8)10-11-7/h3-4H,2H2,1H3,(H,9,11). The summed E-state index contributed by atoms with van der Waals surface area (Å²) < 4.78 is 0. The second kappa shape index (κ2) is 3.52. The lowest BCUT2D eigenvalue weighted by Gasteiger charge is -1.97. The van der Waals surface area contributed by atoms with Gasteiger partial charge < -0.3 is 5.32 Å². The SMILES string of the molecule is CCNc1ccc(C#N)nn1. The van der Waals surface area contributed by atoms with Gasteiger partial charge in [0.2, 0.25) is 0 Å². The summed E-state index contributed by atoms with van der Waals surface area (Å²) in [7, 11) is 0. The molecule has 11 heavy (non-hydrogen) atoms. The molecule has 56 valence electrons. The van der Waals surface area contributed by atoms with Gasteiger partial charge in [0.15, 0.2) is 5.69 Å². The molecule has 1 aromatic heterocycles. The number of anilines is 1. The normalized spacial score (nSPS) is 8.73. The number of hydrogen-bond acceptors (Lipinski definition) is 4. The van der Waals surface area contributed by atoms with Crippen LogP contribution in [0, 0.1) is 11.3 Å². The average Bonchev–Trinajstić information content (AvgIpc) is 2.07. The summed E-state index contributed by atoms with van der Waals surface area (Å²) in [6.45, 7) is 2.78. The second-order valence-electron chi connectivity index (χ2n) is 1.95. The van der Waals surface area contributed by atoms with E-state index in [1.807, 2.05) is 13.0 Å². The van der Waals surface area contributed by atoms with Crippen molar-refractivity contribution in [1.82, 2.24) is 10.2 Å². The first-order valence-electron chi connectivity index (χ1n) is 3.34. The minimum atomic E-state index is 0.339. The Bertz CT molecular complexity index is 259. The summed E-state index contributed by atoms with van der Waals surface area (Å²) in [5.74, 6) is 0.700. The lowest BCUT2D eigenvalue weighted by atomic mass is 10.4. The molecule has 1 aromatic rings. The van der Waals surface area contributed by atoms with Crippen molar-refractivity contribution in [3.8, 4) is 6.07 Å². The molecule has 0 amide bonds. The summed E-state index contributed by atoms with van der Waals surface area (Å²) in [6.07, 6.45) is 0. The Morgan fingerprint density at radius 1 is 1.55 bits per heavy atom. The fourth-order valence-corrected chi connectivity index (χ4v) is 0.667. The molecule has 0 saturated heterocycles. The first kappa shape index (κ1) is 7.48. The third kappa shape index (κ3) is 1.90. The summed E-state index contributed by atoms with van der Waals surface area (Å²) >= 11 is 0. The fourth-order valence-electron chi connectivity index (χ4n) is 0.667. The lowest BCUT2D eigenvalue weighted by Crippen LogP contribution is -2.00. The van der Waals surface area contributed by atoms with Gasteiger partial charge in [0, 0.05) is 6.54 Å². The maximum absolute atomic E-state index is 8.39. The first-order valence-corrected chi connectivity index (χ1v) is 3.34. The van der Waals surface area contributed by atoms with Crippen molar-refractivity contribution < 1.29 is 0 Å². The number of hydrogen-bond donors (Lipinski definition) is 1. The van der Waals surface area contributed by atoms with Crippen LogP contribution in [0.2, 0.25) is 0 Å². The van der Waals surface area contributed by atoms with Crippen LogP contribution in [0.1, 0.15) is 12.6 Å². The monoisotopic (exact) mass is 148 g/mol. The van der Waals surface area contributed by atoms with Crippen LogP contribution in [0.25, 0.3) is 0 Å². The molecule has 0 spiro atoms. The zero-order valence-corrected chi connectivity index (χ0v) is 6.20. The van der Waals surface area contributed by atoms with Crippen LogP contribution in [0.15, 0.2) is 12.1 Å². The molecule has 1 heterocycles. The fraction of sp³-hybridized carbons (Fsp3) is 0.286. The van der Waals surface area contributed by atoms with E-state index >= 15 is 0 Å². The van der Waals surface area contributed by atoms with Crippen molar-refractivity contribution in [1.29, 1.82) is 5.26 Å². The van der Waals surface area contributed by atoms with Gasteiger partial charge >= 0.3 is 0 Å². The van der Waals surface area contributed by atoms with E-state index in [0.717, 1.165) is 6.54 Å². The highest BCUT2D eigenvalue weighted by atomic mass is 15.2. The van der Waals surface area contributed by atoms with Crippen molar-refractivity contribution in [2.45, 2.75) is 6.92 Å². The minimum Gasteiger partial charge on any atom is -0.369 e. The Morgan fingerprint density at radius 2 is 2.36 bits per heavy atom. The quantitative estimate of drug-likeness (QED) is 0.673. The zero-order valence-electron chi connectivity index (χ0n) is 6.20. The van der Waals surface area contributed by atoms with E-state index in [-0.39, 0.29) is 0 Å². The van der Waals surface area contributed by atoms with Gasteiger partial charge in [-0.25, -0.2) is 0 Å². The molecule has 0 aliphatic carbocycles. The maximum Gasteiger partial charge on any atom is 0.163 e. The molecule has 1 rings (SSSR count). The maximum atomic E-state index is 8.39. The number of nitrogens with zero attached hydrogens (tertiary/aromatic N) is 3. The van der Waals surface area contributed by atoms with Gasteiger partial charge in [-0.2, -0.15) is 5.26 Å². The molecule has 0 aliphatic heterocycles. The minimum absolute atomic E-state index is 0.339. The summed E-state index contributed by atoms with van der Waals surface area (Å²) in [5, 5.41) is 18.8. The topological polar surface area (TPSA) is 61.6 Å². The van der Waals surface area contributed by atoms with Gasteiger partial charge in [0.1, 0.15) is 11.9 Å². The van der Waals surface area contributed by atoms with Gasteiger partial charge in [-0.15, -0.1) is 10.2 Å². The van der Waals surface area contributed by atoms with Gasteiger partial charge in [0.05, 0.1) is 0 Å². The number of aromatic nitrogens is 2. The van der Waals surface area contributed by atoms with E-state index in [9.17, 15) is 0 Å². The molecule has 4 heteroatoms. The van der Waals surface area contributed by atoms with Crippen LogP contribution >= 0.6 is 0 Å². The smallest absolute Gasteiger partial charge is 0.163 e. The molecule has 0 unspecified atom stereocenters. The molecular weight excluding hydrogens is 140 g/mol. The third-order valence-corrected chi connectivity index (χ3v) is 1.14. The summed E-state index contributed by atoms with van der Waals surface area (Å²) in [6, 6.07) is 5.26. The van der Waals surface area contributed by atoms with E-state index in [2.05, 4.69) is 15.5 Å². The van der Waals surface area contributed by atoms with Crippen LogP contribution in [0.4, 0.5) is 5.82 Å². The Kier molecular flexibility index (Phi) is 2.39. The third-order valence-electron chi connectivity index (χ3n) is 1.14. The number of rotatable bonds is 2. The van der Waals surface area contributed by atoms with Crippen molar-refractivity contribution in [3.63, 3.8) is 0 Å². The predicted octanol–water partition coefficient (Wildman–Crippen LogP) is 0.780. The highest BCUT2D eigenvalue weighted by Gasteiger charge is 1.92. The second-order valence-corrected chi connectivity index (χ2v) is 1.95. The van der Waals surface area contributed by atoms with Crippen LogP contribution in [-0.4, -0.2) is 16.7 Å². The molecule has 0 fully saturated rings. The molecule has 0 aliphatic rings. The molecule has 0 atom stereocenters. The summed E-state index contributed by atoms with van der Waals surface area (Å²) in [4.78, 5) is 0. The lowest BCUT2D eigenvalue weighted by molar-refractivity contribution is 0.994. The highest BCUT2D eigenvalue weighted by Crippen LogP contribution is 1.99. The van der Waals surface area contributed by atoms with Gasteiger partial charge in [-0.05, 0) is 19.1 Å². The van der Waals surface area contributed by atoms with E-state index < -0.39 is 0 Å². The van der Waals surface area contributed by atoms with E-state index in [4.69, 9.17) is 5.26 Å². The first-order chi connectivity index (χ1) is 5.36. The summed E-state index contributed by atoms with van der Waals surface area (Å²) in [5.41, 5.74) is 0.339. The van der Waals surface area contributed by atoms with E-state index in [0.29, 0.717) is 11.5 Å². The molecular formula is C7H8N4. The Labute approximate surface area is 64.9 Å². The number of nitriles is 1. The van der Waals surface area contributed by atoms with E-state index in [1.54, 1.807) is 12.1 Å². The molecule has 1 N–H and O–H groups in total. The van der Waals surface area contributed by atoms with Crippen molar-refractivity contribution in [2.24, 2.45) is 0 Å². The molecule has 4 nitrogen and oxygen atoms in total. The van der Waals surface area contributed by atoms with Crippen LogP contribution < -0.4 is 5.32 Å². The van der Waals surface area contributed by atoms with Crippen molar-refractivity contribution in [2.75, 3.05) is 11.9 Å². The van der Waals surface area contributed by atoms with Gasteiger partial charge in [-0.1, -0.05) is 0 Å². The average molecular weight is 148 g/mol. The van der Waals surface area contributed by atoms with Crippen LogP contribution in [0.3, 0.4) is 0 Å². The Morgan fingerprint density at radius 3 is 2.82 bits per heavy atom. The van der Waals surface area contributed by atoms with Crippen molar-refractivity contribution >= 4 is 5.82 Å². The molecule has 0 bridgehead atoms. The number of nitrogens with one attached hydrogen (secondary N) is 1. The van der Waals surface area contributed by atoms with E-state index in [1.165, 1.54) is 0 Å². The Hall–Kier alpha value is -1.63. The Balaban J connectivity index is 2.76. The van der Waals surface area contributed by atoms with Gasteiger partial charge in [-0.3, -0.25) is 0 Å². The predicted molar refractivity (Wildman–Crippen MR) is 40.9 cm³/mol. The molecule has 0 saturated carbocycles.